The molecule has 0 bridgehead atoms. The highest BCUT2D eigenvalue weighted by Crippen LogP contribution is 2.42. The van der Waals surface area contributed by atoms with Crippen LogP contribution in [0.15, 0.2) is 40.8 Å². The van der Waals surface area contributed by atoms with Crippen molar-refractivity contribution >= 4 is 11.8 Å². The van der Waals surface area contributed by atoms with E-state index in [0.717, 1.165) is 34.7 Å². The van der Waals surface area contributed by atoms with Crippen molar-refractivity contribution in [3.63, 3.8) is 0 Å². The summed E-state index contributed by atoms with van der Waals surface area (Å²) in [5.74, 6) is 1.50. The smallest absolute Gasteiger partial charge is 0.258 e. The number of methoxy groups -OCH3 is 2. The van der Waals surface area contributed by atoms with Gasteiger partial charge in [-0.25, -0.2) is 4.98 Å². The molecule has 1 heterocycles. The predicted octanol–water partition coefficient (Wildman–Crippen LogP) is 3.68. The Morgan fingerprint density at radius 3 is 2.81 bits per heavy atom. The average molecular weight is 387 g/mol. The summed E-state index contributed by atoms with van der Waals surface area (Å²) >= 11 is 1.53. The Balaban J connectivity index is 2.25. The van der Waals surface area contributed by atoms with E-state index in [-0.39, 0.29) is 11.0 Å². The van der Waals surface area contributed by atoms with Crippen molar-refractivity contribution < 1.29 is 9.47 Å². The highest BCUT2D eigenvalue weighted by molar-refractivity contribution is 7.99. The van der Waals surface area contributed by atoms with E-state index in [4.69, 9.17) is 14.5 Å². The Morgan fingerprint density at radius 2 is 2.15 bits per heavy atom. The lowest BCUT2D eigenvalue weighted by molar-refractivity contribution is 0.218. The highest BCUT2D eigenvalue weighted by Gasteiger charge is 2.36. The van der Waals surface area contributed by atoms with Crippen molar-refractivity contribution in [3.05, 3.63) is 52.3 Å². The van der Waals surface area contributed by atoms with Gasteiger partial charge < -0.3 is 9.47 Å². The van der Waals surface area contributed by atoms with Crippen molar-refractivity contribution in [3.8, 4) is 17.0 Å². The fourth-order valence-corrected chi connectivity index (χ4v) is 4.48. The molecule has 3 rings (SSSR count). The third-order valence-electron chi connectivity index (χ3n) is 4.85. The lowest BCUT2D eigenvalue weighted by Gasteiger charge is -2.33. The van der Waals surface area contributed by atoms with E-state index in [0.29, 0.717) is 18.3 Å². The summed E-state index contributed by atoms with van der Waals surface area (Å²) in [4.78, 5) is 18.4. The zero-order chi connectivity index (χ0) is 19.6. The van der Waals surface area contributed by atoms with Crippen LogP contribution in [0.4, 0.5) is 0 Å². The van der Waals surface area contributed by atoms with Gasteiger partial charge in [-0.1, -0.05) is 37.8 Å². The Bertz CT molecular complexity index is 918. The maximum absolute atomic E-state index is 13.4. The standard InChI is InChI=1S/C21H26N2O3S/c1-6-9-23-19(24)17-18(22-20(23)27-11-10-25-4)16-12-15(26-5)8-7-14(16)13-21(17,2)3/h6-8,12H,1,9-11,13H2,2-5H3. The van der Waals surface area contributed by atoms with Gasteiger partial charge in [-0.05, 0) is 24.1 Å². The maximum atomic E-state index is 13.4. The van der Waals surface area contributed by atoms with E-state index in [9.17, 15) is 4.79 Å². The van der Waals surface area contributed by atoms with Crippen LogP contribution in [-0.4, -0.2) is 36.1 Å². The topological polar surface area (TPSA) is 53.4 Å². The maximum Gasteiger partial charge on any atom is 0.258 e. The zero-order valence-electron chi connectivity index (χ0n) is 16.4. The van der Waals surface area contributed by atoms with Crippen molar-refractivity contribution in [2.24, 2.45) is 0 Å². The summed E-state index contributed by atoms with van der Waals surface area (Å²) in [7, 11) is 3.32. The largest absolute Gasteiger partial charge is 0.497 e. The number of nitrogens with zero attached hydrogens (tertiary/aromatic N) is 2. The molecule has 144 valence electrons. The van der Waals surface area contributed by atoms with Crippen molar-refractivity contribution in [2.75, 3.05) is 26.6 Å². The van der Waals surface area contributed by atoms with Gasteiger partial charge in [0, 0.05) is 35.9 Å². The van der Waals surface area contributed by atoms with E-state index in [1.54, 1.807) is 24.9 Å². The zero-order valence-corrected chi connectivity index (χ0v) is 17.2. The molecule has 0 atom stereocenters. The number of fused-ring (bicyclic) bond motifs is 3. The van der Waals surface area contributed by atoms with Crippen LogP contribution in [0, 0.1) is 0 Å². The molecule has 0 saturated heterocycles. The van der Waals surface area contributed by atoms with E-state index in [1.807, 2.05) is 12.1 Å². The molecule has 0 saturated carbocycles. The SMILES string of the molecule is C=CCn1c(SCCOC)nc2c(c1=O)C(C)(C)Cc1ccc(OC)cc1-2. The number of ether oxygens (including phenoxy) is 2. The fraction of sp³-hybridized carbons (Fsp3) is 0.429. The van der Waals surface area contributed by atoms with Crippen LogP contribution in [0.5, 0.6) is 5.75 Å². The first-order chi connectivity index (χ1) is 12.9. The van der Waals surface area contributed by atoms with E-state index >= 15 is 0 Å². The Kier molecular flexibility index (Phi) is 5.77. The second-order valence-electron chi connectivity index (χ2n) is 7.25. The highest BCUT2D eigenvalue weighted by atomic mass is 32.2. The first kappa shape index (κ1) is 19.7. The summed E-state index contributed by atoms with van der Waals surface area (Å²) in [6, 6.07) is 6.03. The Morgan fingerprint density at radius 1 is 1.37 bits per heavy atom. The Labute approximate surface area is 164 Å². The van der Waals surface area contributed by atoms with E-state index in [1.165, 1.54) is 17.3 Å². The first-order valence-corrected chi connectivity index (χ1v) is 9.96. The summed E-state index contributed by atoms with van der Waals surface area (Å²) < 4.78 is 12.3. The van der Waals surface area contributed by atoms with Crippen molar-refractivity contribution in [1.82, 2.24) is 9.55 Å². The molecule has 1 aliphatic rings. The van der Waals surface area contributed by atoms with Gasteiger partial charge in [0.1, 0.15) is 5.75 Å². The molecule has 27 heavy (non-hydrogen) atoms. The van der Waals surface area contributed by atoms with Gasteiger partial charge in [0.2, 0.25) is 0 Å². The molecule has 1 aliphatic carbocycles. The van der Waals surface area contributed by atoms with Crippen molar-refractivity contribution in [1.29, 1.82) is 0 Å². The van der Waals surface area contributed by atoms with Gasteiger partial charge in [-0.3, -0.25) is 9.36 Å². The molecule has 0 amide bonds. The minimum atomic E-state index is -0.292. The molecule has 1 aromatic carbocycles. The second kappa shape index (κ2) is 7.90. The summed E-state index contributed by atoms with van der Waals surface area (Å²) in [6.45, 7) is 9.06. The molecule has 6 heteroatoms. The molecule has 0 aliphatic heterocycles. The number of hydrogen-bond donors (Lipinski definition) is 0. The minimum Gasteiger partial charge on any atom is -0.497 e. The summed E-state index contributed by atoms with van der Waals surface area (Å²) in [5.41, 5.74) is 3.43. The molecule has 5 nitrogen and oxygen atoms in total. The lowest BCUT2D eigenvalue weighted by Crippen LogP contribution is -2.38. The molecule has 2 aromatic rings. The second-order valence-corrected chi connectivity index (χ2v) is 8.31. The minimum absolute atomic E-state index is 0.0123. The van der Waals surface area contributed by atoms with Crippen LogP contribution >= 0.6 is 11.8 Å². The average Bonchev–Trinajstić information content (AvgIpc) is 2.63. The molecule has 1 aromatic heterocycles. The van der Waals surface area contributed by atoms with Gasteiger partial charge >= 0.3 is 0 Å². The van der Waals surface area contributed by atoms with Crippen LogP contribution in [0.25, 0.3) is 11.3 Å². The van der Waals surface area contributed by atoms with Gasteiger partial charge in [0.25, 0.3) is 5.56 Å². The summed E-state index contributed by atoms with van der Waals surface area (Å²) in [6.07, 6.45) is 2.53. The Hall–Kier alpha value is -2.05. The van der Waals surface area contributed by atoms with Crippen LogP contribution in [0.2, 0.25) is 0 Å². The molecular formula is C21H26N2O3S. The fourth-order valence-electron chi connectivity index (χ4n) is 3.58. The summed E-state index contributed by atoms with van der Waals surface area (Å²) in [5, 5.41) is 0.696. The quantitative estimate of drug-likeness (QED) is 0.314. The van der Waals surface area contributed by atoms with Crippen LogP contribution in [0.3, 0.4) is 0 Å². The predicted molar refractivity (Wildman–Crippen MR) is 110 cm³/mol. The van der Waals surface area contributed by atoms with Crippen LogP contribution in [-0.2, 0) is 23.1 Å². The third-order valence-corrected chi connectivity index (χ3v) is 5.79. The van der Waals surface area contributed by atoms with Crippen LogP contribution < -0.4 is 10.3 Å². The van der Waals surface area contributed by atoms with Gasteiger partial charge in [0.05, 0.1) is 19.4 Å². The normalized spacial score (nSPS) is 14.4. The number of hydrogen-bond acceptors (Lipinski definition) is 5. The first-order valence-electron chi connectivity index (χ1n) is 8.98. The number of allylic oxidation sites excluding steroid dienone is 1. The van der Waals surface area contributed by atoms with Crippen LogP contribution in [0.1, 0.15) is 25.0 Å². The van der Waals surface area contributed by atoms with E-state index < -0.39 is 0 Å². The molecular weight excluding hydrogens is 360 g/mol. The lowest BCUT2D eigenvalue weighted by atomic mass is 9.72. The number of thioether (sulfide) groups is 1. The molecule has 0 spiro atoms. The molecule has 0 radical (unpaired) electrons. The number of aromatic nitrogens is 2. The number of benzene rings is 1. The number of rotatable bonds is 7. The van der Waals surface area contributed by atoms with Gasteiger partial charge in [-0.2, -0.15) is 0 Å². The van der Waals surface area contributed by atoms with Gasteiger partial charge in [-0.15, -0.1) is 6.58 Å². The monoisotopic (exact) mass is 386 g/mol. The molecule has 0 fully saturated rings. The molecule has 0 unspecified atom stereocenters. The van der Waals surface area contributed by atoms with Crippen molar-refractivity contribution in [2.45, 2.75) is 37.4 Å². The van der Waals surface area contributed by atoms with Gasteiger partial charge in [0.15, 0.2) is 5.16 Å². The molecule has 0 N–H and O–H groups in total. The third kappa shape index (κ3) is 3.69. The van der Waals surface area contributed by atoms with E-state index in [2.05, 4.69) is 26.5 Å².